The van der Waals surface area contributed by atoms with Crippen molar-refractivity contribution >= 4 is 11.5 Å². The summed E-state index contributed by atoms with van der Waals surface area (Å²) >= 11 is 0. The topological polar surface area (TPSA) is 42.1 Å². The Labute approximate surface area is 85.9 Å². The Hall–Kier alpha value is -1.25. The molecule has 14 heavy (non-hydrogen) atoms. The van der Waals surface area contributed by atoms with Crippen LogP contribution in [-0.2, 0) is 0 Å². The molecule has 0 aliphatic rings. The van der Waals surface area contributed by atoms with Gasteiger partial charge in [0.25, 0.3) is 0 Å². The van der Waals surface area contributed by atoms with Gasteiger partial charge in [-0.3, -0.25) is 0 Å². The smallest absolute Gasteiger partial charge is 0.130 e. The van der Waals surface area contributed by atoms with Gasteiger partial charge in [0.15, 0.2) is 0 Å². The predicted octanol–water partition coefficient (Wildman–Crippen LogP) is 2.29. The maximum absolute atomic E-state index is 5.71. The van der Waals surface area contributed by atoms with E-state index in [1.807, 2.05) is 12.1 Å². The van der Waals surface area contributed by atoms with Gasteiger partial charge in [0.05, 0.1) is 0 Å². The van der Waals surface area contributed by atoms with Crippen molar-refractivity contribution in [2.45, 2.75) is 32.7 Å². The maximum Gasteiger partial charge on any atom is 0.130 e. The minimum atomic E-state index is 0.546. The van der Waals surface area contributed by atoms with Crippen LogP contribution in [0.3, 0.4) is 0 Å². The molecule has 0 radical (unpaired) electrons. The SMILES string of the molecule is CCC(CC)N(C)c1cc(N)ccn1. The molecule has 0 aliphatic heterocycles. The molecule has 0 saturated carbocycles. The fraction of sp³-hybridized carbons (Fsp3) is 0.545. The van der Waals surface area contributed by atoms with Crippen molar-refractivity contribution < 1.29 is 0 Å². The zero-order valence-corrected chi connectivity index (χ0v) is 9.20. The number of rotatable bonds is 4. The first-order chi connectivity index (χ1) is 6.69. The molecule has 1 rings (SSSR count). The van der Waals surface area contributed by atoms with E-state index in [0.29, 0.717) is 6.04 Å². The van der Waals surface area contributed by atoms with E-state index in [1.165, 1.54) is 0 Å². The number of aromatic nitrogens is 1. The summed E-state index contributed by atoms with van der Waals surface area (Å²) in [4.78, 5) is 6.49. The Kier molecular flexibility index (Phi) is 3.74. The molecule has 0 fully saturated rings. The van der Waals surface area contributed by atoms with Crippen molar-refractivity contribution in [2.24, 2.45) is 0 Å². The number of nitrogens with zero attached hydrogens (tertiary/aromatic N) is 2. The Morgan fingerprint density at radius 3 is 2.57 bits per heavy atom. The van der Waals surface area contributed by atoms with E-state index in [1.54, 1.807) is 6.20 Å². The van der Waals surface area contributed by atoms with Crippen LogP contribution in [-0.4, -0.2) is 18.1 Å². The molecule has 0 spiro atoms. The molecule has 0 unspecified atom stereocenters. The van der Waals surface area contributed by atoms with Crippen LogP contribution in [0.25, 0.3) is 0 Å². The number of anilines is 2. The lowest BCUT2D eigenvalue weighted by molar-refractivity contribution is 0.587. The predicted molar refractivity (Wildman–Crippen MR) is 61.4 cm³/mol. The number of hydrogen-bond donors (Lipinski definition) is 1. The van der Waals surface area contributed by atoms with Gasteiger partial charge in [-0.15, -0.1) is 0 Å². The van der Waals surface area contributed by atoms with Gasteiger partial charge < -0.3 is 10.6 Å². The first kappa shape index (κ1) is 10.8. The van der Waals surface area contributed by atoms with E-state index in [0.717, 1.165) is 24.3 Å². The highest BCUT2D eigenvalue weighted by Gasteiger charge is 2.11. The van der Waals surface area contributed by atoms with Crippen molar-refractivity contribution in [3.8, 4) is 0 Å². The molecule has 0 saturated heterocycles. The summed E-state index contributed by atoms with van der Waals surface area (Å²) in [6.45, 7) is 4.38. The molecule has 3 nitrogen and oxygen atoms in total. The Morgan fingerprint density at radius 1 is 1.43 bits per heavy atom. The van der Waals surface area contributed by atoms with Crippen LogP contribution < -0.4 is 10.6 Å². The minimum absolute atomic E-state index is 0.546. The van der Waals surface area contributed by atoms with E-state index in [4.69, 9.17) is 5.73 Å². The largest absolute Gasteiger partial charge is 0.399 e. The van der Waals surface area contributed by atoms with E-state index in [-0.39, 0.29) is 0 Å². The third kappa shape index (κ3) is 2.37. The number of nitrogens with two attached hydrogens (primary N) is 1. The minimum Gasteiger partial charge on any atom is -0.399 e. The molecule has 3 heteroatoms. The van der Waals surface area contributed by atoms with Crippen molar-refractivity contribution in [3.05, 3.63) is 18.3 Å². The summed E-state index contributed by atoms with van der Waals surface area (Å²) < 4.78 is 0. The molecule has 78 valence electrons. The normalized spacial score (nSPS) is 10.6. The maximum atomic E-state index is 5.71. The average molecular weight is 193 g/mol. The standard InChI is InChI=1S/C11H19N3/c1-4-10(5-2)14(3)11-8-9(12)6-7-13-11/h6-8,10H,4-5H2,1-3H3,(H2,12,13). The lowest BCUT2D eigenvalue weighted by Crippen LogP contribution is -2.30. The molecular formula is C11H19N3. The second kappa shape index (κ2) is 4.84. The molecule has 2 N–H and O–H groups in total. The first-order valence-electron chi connectivity index (χ1n) is 5.13. The van der Waals surface area contributed by atoms with Crippen molar-refractivity contribution in [3.63, 3.8) is 0 Å². The van der Waals surface area contributed by atoms with Crippen LogP contribution in [0.1, 0.15) is 26.7 Å². The molecule has 1 heterocycles. The third-order valence-corrected chi connectivity index (χ3v) is 2.62. The molecule has 0 bridgehead atoms. The van der Waals surface area contributed by atoms with Crippen LogP contribution in [0.5, 0.6) is 0 Å². The van der Waals surface area contributed by atoms with Crippen LogP contribution >= 0.6 is 0 Å². The summed E-state index contributed by atoms with van der Waals surface area (Å²) in [5.41, 5.74) is 6.48. The zero-order chi connectivity index (χ0) is 10.6. The summed E-state index contributed by atoms with van der Waals surface area (Å²) in [5, 5.41) is 0. The van der Waals surface area contributed by atoms with Gasteiger partial charge in [-0.25, -0.2) is 4.98 Å². The Bertz CT molecular complexity index is 282. The molecule has 1 aromatic heterocycles. The van der Waals surface area contributed by atoms with E-state index in [2.05, 4.69) is 30.8 Å². The average Bonchev–Trinajstić information content (AvgIpc) is 2.19. The number of pyridine rings is 1. The zero-order valence-electron chi connectivity index (χ0n) is 9.20. The molecule has 0 aromatic carbocycles. The van der Waals surface area contributed by atoms with E-state index in [9.17, 15) is 0 Å². The van der Waals surface area contributed by atoms with Crippen molar-refractivity contribution in [1.82, 2.24) is 4.98 Å². The Morgan fingerprint density at radius 2 is 2.07 bits per heavy atom. The fourth-order valence-corrected chi connectivity index (χ4v) is 1.65. The van der Waals surface area contributed by atoms with Crippen LogP contribution in [0, 0.1) is 0 Å². The number of nitrogen functional groups attached to an aromatic ring is 1. The van der Waals surface area contributed by atoms with Gasteiger partial charge in [0.2, 0.25) is 0 Å². The van der Waals surface area contributed by atoms with Crippen molar-refractivity contribution in [2.75, 3.05) is 17.7 Å². The highest BCUT2D eigenvalue weighted by molar-refractivity contribution is 5.50. The monoisotopic (exact) mass is 193 g/mol. The van der Waals surface area contributed by atoms with E-state index < -0.39 is 0 Å². The first-order valence-corrected chi connectivity index (χ1v) is 5.13. The van der Waals surface area contributed by atoms with Crippen molar-refractivity contribution in [1.29, 1.82) is 0 Å². The lowest BCUT2D eigenvalue weighted by atomic mass is 10.1. The van der Waals surface area contributed by atoms with Crippen LogP contribution in [0.4, 0.5) is 11.5 Å². The number of hydrogen-bond acceptors (Lipinski definition) is 3. The molecule has 0 amide bonds. The summed E-state index contributed by atoms with van der Waals surface area (Å²) in [5.74, 6) is 0.957. The van der Waals surface area contributed by atoms with Gasteiger partial charge in [0, 0.05) is 31.0 Å². The highest BCUT2D eigenvalue weighted by Crippen LogP contribution is 2.17. The molecular weight excluding hydrogens is 174 g/mol. The molecule has 0 atom stereocenters. The van der Waals surface area contributed by atoms with Gasteiger partial charge in [-0.2, -0.15) is 0 Å². The lowest BCUT2D eigenvalue weighted by Gasteiger charge is -2.27. The summed E-state index contributed by atoms with van der Waals surface area (Å²) in [7, 11) is 2.07. The summed E-state index contributed by atoms with van der Waals surface area (Å²) in [6, 6.07) is 4.27. The molecule has 0 aliphatic carbocycles. The van der Waals surface area contributed by atoms with Gasteiger partial charge in [-0.05, 0) is 18.9 Å². The van der Waals surface area contributed by atoms with Crippen LogP contribution in [0.2, 0.25) is 0 Å². The highest BCUT2D eigenvalue weighted by atomic mass is 15.2. The molecule has 1 aromatic rings. The quantitative estimate of drug-likeness (QED) is 0.797. The third-order valence-electron chi connectivity index (χ3n) is 2.62. The van der Waals surface area contributed by atoms with Gasteiger partial charge in [0.1, 0.15) is 5.82 Å². The fourth-order valence-electron chi connectivity index (χ4n) is 1.65. The second-order valence-electron chi connectivity index (χ2n) is 3.53. The van der Waals surface area contributed by atoms with Gasteiger partial charge >= 0.3 is 0 Å². The second-order valence-corrected chi connectivity index (χ2v) is 3.53. The Balaban J connectivity index is 2.82. The van der Waals surface area contributed by atoms with Crippen LogP contribution in [0.15, 0.2) is 18.3 Å². The summed E-state index contributed by atoms with van der Waals surface area (Å²) in [6.07, 6.45) is 4.01. The van der Waals surface area contributed by atoms with Gasteiger partial charge in [-0.1, -0.05) is 13.8 Å². The van der Waals surface area contributed by atoms with E-state index >= 15 is 0 Å².